The number of rotatable bonds is 7. The molecule has 0 aliphatic heterocycles. The Labute approximate surface area is 166 Å². The number of hydrogen-bond acceptors (Lipinski definition) is 5. The molecular formula is C19H24N2O5S2. The van der Waals surface area contributed by atoms with Crippen LogP contribution in [0.25, 0.3) is 0 Å². The number of hydrogen-bond donors (Lipinski definition) is 2. The van der Waals surface area contributed by atoms with Gasteiger partial charge in [-0.05, 0) is 48.7 Å². The van der Waals surface area contributed by atoms with E-state index in [1.54, 1.807) is 31.2 Å². The first kappa shape index (κ1) is 21.9. The van der Waals surface area contributed by atoms with Crippen molar-refractivity contribution in [3.63, 3.8) is 0 Å². The molecule has 0 fully saturated rings. The normalized spacial score (nSPS) is 13.0. The van der Waals surface area contributed by atoms with Gasteiger partial charge in [-0.15, -0.1) is 0 Å². The summed E-state index contributed by atoms with van der Waals surface area (Å²) in [5.41, 5.74) is 2.15. The van der Waals surface area contributed by atoms with Crippen LogP contribution in [0.1, 0.15) is 40.9 Å². The minimum atomic E-state index is -3.46. The SMILES string of the molecule is CC[C@H](NC(=O)c1ccc(C)c(NS(C)(=O)=O)c1)c1ccc(S(C)(=O)=O)cc1. The zero-order valence-electron chi connectivity index (χ0n) is 16.2. The smallest absolute Gasteiger partial charge is 0.251 e. The van der Waals surface area contributed by atoms with Gasteiger partial charge in [0.15, 0.2) is 9.84 Å². The summed E-state index contributed by atoms with van der Waals surface area (Å²) in [6.07, 6.45) is 2.79. The van der Waals surface area contributed by atoms with Crippen molar-refractivity contribution in [2.45, 2.75) is 31.2 Å². The molecule has 0 aromatic heterocycles. The van der Waals surface area contributed by atoms with Crippen molar-refractivity contribution in [1.29, 1.82) is 0 Å². The number of sulfonamides is 1. The minimum Gasteiger partial charge on any atom is -0.345 e. The number of carbonyl (C=O) groups excluding carboxylic acids is 1. The van der Waals surface area contributed by atoms with Crippen LogP contribution in [0.5, 0.6) is 0 Å². The largest absolute Gasteiger partial charge is 0.345 e. The van der Waals surface area contributed by atoms with Crippen LogP contribution < -0.4 is 10.0 Å². The number of sulfone groups is 1. The second kappa shape index (κ2) is 8.32. The van der Waals surface area contributed by atoms with E-state index in [9.17, 15) is 21.6 Å². The molecule has 0 radical (unpaired) electrons. The monoisotopic (exact) mass is 424 g/mol. The predicted molar refractivity (Wildman–Crippen MR) is 110 cm³/mol. The van der Waals surface area contributed by atoms with Crippen molar-refractivity contribution >= 4 is 31.5 Å². The van der Waals surface area contributed by atoms with E-state index in [0.717, 1.165) is 18.1 Å². The summed E-state index contributed by atoms with van der Waals surface area (Å²) >= 11 is 0. The van der Waals surface area contributed by atoms with Gasteiger partial charge in [-0.3, -0.25) is 9.52 Å². The van der Waals surface area contributed by atoms with Crippen LogP contribution in [0.4, 0.5) is 5.69 Å². The molecule has 0 aliphatic rings. The quantitative estimate of drug-likeness (QED) is 0.710. The molecule has 0 saturated heterocycles. The fourth-order valence-electron chi connectivity index (χ4n) is 2.68. The van der Waals surface area contributed by atoms with E-state index in [0.29, 0.717) is 23.2 Å². The maximum atomic E-state index is 12.7. The van der Waals surface area contributed by atoms with Crippen molar-refractivity contribution in [2.24, 2.45) is 0 Å². The van der Waals surface area contributed by atoms with Gasteiger partial charge < -0.3 is 5.32 Å². The number of anilines is 1. The lowest BCUT2D eigenvalue weighted by Crippen LogP contribution is -2.28. The van der Waals surface area contributed by atoms with E-state index in [4.69, 9.17) is 0 Å². The Morgan fingerprint density at radius 2 is 1.61 bits per heavy atom. The average Bonchev–Trinajstić information content (AvgIpc) is 2.59. The Morgan fingerprint density at radius 3 is 2.11 bits per heavy atom. The standard InChI is InChI=1S/C19H24N2O5S2/c1-5-17(14-8-10-16(11-9-14)27(3,23)24)20-19(22)15-7-6-13(2)18(12-15)21-28(4,25)26/h6-12,17,21H,5H2,1-4H3,(H,20,22)/t17-/m0/s1. The van der Waals surface area contributed by atoms with Crippen LogP contribution >= 0.6 is 0 Å². The second-order valence-corrected chi connectivity index (χ2v) is 10.4. The van der Waals surface area contributed by atoms with Crippen LogP contribution in [0.2, 0.25) is 0 Å². The van der Waals surface area contributed by atoms with Crippen molar-refractivity contribution in [2.75, 3.05) is 17.2 Å². The maximum Gasteiger partial charge on any atom is 0.251 e. The topological polar surface area (TPSA) is 109 Å². The number of aryl methyl sites for hydroxylation is 1. The summed E-state index contributed by atoms with van der Waals surface area (Å²) in [6, 6.07) is 10.9. The molecule has 28 heavy (non-hydrogen) atoms. The Kier molecular flexibility index (Phi) is 6.51. The van der Waals surface area contributed by atoms with E-state index >= 15 is 0 Å². The molecule has 2 rings (SSSR count). The lowest BCUT2D eigenvalue weighted by molar-refractivity contribution is 0.0935. The van der Waals surface area contributed by atoms with Gasteiger partial charge in [-0.1, -0.05) is 25.1 Å². The van der Waals surface area contributed by atoms with Gasteiger partial charge in [0.2, 0.25) is 10.0 Å². The second-order valence-electron chi connectivity index (χ2n) is 6.68. The number of carbonyl (C=O) groups is 1. The van der Waals surface area contributed by atoms with Crippen molar-refractivity contribution in [3.05, 3.63) is 59.2 Å². The lowest BCUT2D eigenvalue weighted by atomic mass is 10.0. The zero-order valence-corrected chi connectivity index (χ0v) is 17.8. The van der Waals surface area contributed by atoms with E-state index < -0.39 is 19.9 Å². The number of amides is 1. The van der Waals surface area contributed by atoms with E-state index in [-0.39, 0.29) is 16.8 Å². The Balaban J connectivity index is 2.23. The highest BCUT2D eigenvalue weighted by Crippen LogP contribution is 2.22. The van der Waals surface area contributed by atoms with Crippen LogP contribution in [0.15, 0.2) is 47.4 Å². The summed E-state index contributed by atoms with van der Waals surface area (Å²) in [4.78, 5) is 12.9. The van der Waals surface area contributed by atoms with Gasteiger partial charge in [-0.2, -0.15) is 0 Å². The molecule has 9 heteroatoms. The highest BCUT2D eigenvalue weighted by molar-refractivity contribution is 7.92. The van der Waals surface area contributed by atoms with Crippen molar-refractivity contribution < 1.29 is 21.6 Å². The average molecular weight is 425 g/mol. The predicted octanol–water partition coefficient (Wildman–Crippen LogP) is 2.65. The Morgan fingerprint density at radius 1 is 1.00 bits per heavy atom. The molecule has 2 N–H and O–H groups in total. The first-order chi connectivity index (χ1) is 12.9. The van der Waals surface area contributed by atoms with E-state index in [2.05, 4.69) is 10.0 Å². The summed E-state index contributed by atoms with van der Waals surface area (Å²) in [5, 5.41) is 2.90. The summed E-state index contributed by atoms with van der Waals surface area (Å²) in [6.45, 7) is 3.65. The fraction of sp³-hybridized carbons (Fsp3) is 0.316. The molecule has 2 aromatic rings. The summed E-state index contributed by atoms with van der Waals surface area (Å²) < 4.78 is 48.5. The van der Waals surface area contributed by atoms with Crippen molar-refractivity contribution in [1.82, 2.24) is 5.32 Å². The first-order valence-corrected chi connectivity index (χ1v) is 12.4. The molecule has 0 saturated carbocycles. The highest BCUT2D eigenvalue weighted by atomic mass is 32.2. The molecule has 152 valence electrons. The van der Waals surface area contributed by atoms with Crippen LogP contribution in [-0.2, 0) is 19.9 Å². The molecule has 0 spiro atoms. The summed E-state index contributed by atoms with van der Waals surface area (Å²) in [5.74, 6) is -0.351. The zero-order chi connectivity index (χ0) is 21.1. The third kappa shape index (κ3) is 5.80. The minimum absolute atomic E-state index is 0.215. The van der Waals surface area contributed by atoms with Crippen LogP contribution in [-0.4, -0.2) is 35.3 Å². The molecule has 0 aliphatic carbocycles. The van der Waals surface area contributed by atoms with Crippen molar-refractivity contribution in [3.8, 4) is 0 Å². The van der Waals surface area contributed by atoms with Gasteiger partial charge in [0, 0.05) is 11.8 Å². The molecule has 0 bridgehead atoms. The lowest BCUT2D eigenvalue weighted by Gasteiger charge is -2.18. The highest BCUT2D eigenvalue weighted by Gasteiger charge is 2.17. The third-order valence-corrected chi connectivity index (χ3v) is 5.94. The first-order valence-electron chi connectivity index (χ1n) is 8.60. The van der Waals surface area contributed by atoms with Gasteiger partial charge in [0.05, 0.1) is 22.9 Å². The molecule has 0 unspecified atom stereocenters. The maximum absolute atomic E-state index is 12.7. The molecule has 7 nitrogen and oxygen atoms in total. The molecule has 1 atom stereocenters. The van der Waals surface area contributed by atoms with Crippen LogP contribution in [0.3, 0.4) is 0 Å². The van der Waals surface area contributed by atoms with Gasteiger partial charge in [0.1, 0.15) is 0 Å². The third-order valence-electron chi connectivity index (χ3n) is 4.22. The molecule has 2 aromatic carbocycles. The van der Waals surface area contributed by atoms with Gasteiger partial charge in [-0.25, -0.2) is 16.8 Å². The fourth-order valence-corrected chi connectivity index (χ4v) is 3.93. The number of benzene rings is 2. The summed E-state index contributed by atoms with van der Waals surface area (Å²) in [7, 11) is -6.75. The van der Waals surface area contributed by atoms with Crippen LogP contribution in [0, 0.1) is 6.92 Å². The molecule has 1 amide bonds. The molecular weight excluding hydrogens is 400 g/mol. The Bertz CT molecular complexity index is 1080. The molecule has 0 heterocycles. The van der Waals surface area contributed by atoms with E-state index in [1.807, 2.05) is 6.92 Å². The number of nitrogens with one attached hydrogen (secondary N) is 2. The van der Waals surface area contributed by atoms with E-state index in [1.165, 1.54) is 18.2 Å². The Hall–Kier alpha value is -2.39. The van der Waals surface area contributed by atoms with Gasteiger partial charge in [0.25, 0.3) is 5.91 Å². The van der Waals surface area contributed by atoms with Gasteiger partial charge >= 0.3 is 0 Å².